The molecule has 1 aliphatic heterocycles. The number of carbonyl (C=O) groups excluding carboxylic acids is 2. The van der Waals surface area contributed by atoms with E-state index in [1.54, 1.807) is 17.0 Å². The maximum atomic E-state index is 12.3. The molecule has 0 saturated carbocycles. The number of ether oxygens (including phenoxy) is 2. The number of rotatable bonds is 7. The fourth-order valence-corrected chi connectivity index (χ4v) is 4.11. The summed E-state index contributed by atoms with van der Waals surface area (Å²) >= 11 is 0. The summed E-state index contributed by atoms with van der Waals surface area (Å²) in [5, 5.41) is 0. The summed E-state index contributed by atoms with van der Waals surface area (Å²) in [6, 6.07) is 8.60. The normalized spacial score (nSPS) is 19.5. The van der Waals surface area contributed by atoms with Crippen LogP contribution in [0.5, 0.6) is 0 Å². The van der Waals surface area contributed by atoms with Crippen molar-refractivity contribution in [3.05, 3.63) is 54.0 Å². The molecule has 30 heavy (non-hydrogen) atoms. The third-order valence-corrected chi connectivity index (χ3v) is 5.93. The van der Waals surface area contributed by atoms with E-state index in [1.807, 2.05) is 13.8 Å². The van der Waals surface area contributed by atoms with Gasteiger partial charge in [-0.05, 0) is 50.2 Å². The molecule has 0 aliphatic carbocycles. The molecule has 1 fully saturated rings. The fourth-order valence-electron chi connectivity index (χ4n) is 3.12. The molecule has 2 aromatic rings. The molecule has 1 saturated heterocycles. The van der Waals surface area contributed by atoms with E-state index in [4.69, 9.17) is 13.9 Å². The molecule has 9 nitrogen and oxygen atoms in total. The molecule has 1 N–H and O–H groups in total. The molecule has 2 unspecified atom stereocenters. The number of hydrogen-bond donors (Lipinski definition) is 1. The Balaban J connectivity index is 1.53. The zero-order chi connectivity index (χ0) is 21.7. The van der Waals surface area contributed by atoms with Crippen LogP contribution in [0.15, 0.2) is 52.0 Å². The first-order valence-corrected chi connectivity index (χ1v) is 11.0. The third kappa shape index (κ3) is 5.68. The number of nitrogens with one attached hydrogen (secondary N) is 1. The molecule has 2 heterocycles. The van der Waals surface area contributed by atoms with Crippen LogP contribution in [-0.4, -0.2) is 57.1 Å². The predicted octanol–water partition coefficient (Wildman–Crippen LogP) is 1.55. The number of morpholine rings is 1. The summed E-state index contributed by atoms with van der Waals surface area (Å²) in [4.78, 5) is 26.1. The van der Waals surface area contributed by atoms with Gasteiger partial charge in [-0.15, -0.1) is 0 Å². The van der Waals surface area contributed by atoms with E-state index in [2.05, 4.69) is 4.72 Å². The Bertz CT molecular complexity index is 961. The molecule has 162 valence electrons. The van der Waals surface area contributed by atoms with Crippen molar-refractivity contribution in [2.45, 2.75) is 37.5 Å². The van der Waals surface area contributed by atoms with Gasteiger partial charge in [0.15, 0.2) is 6.61 Å². The molecule has 0 bridgehead atoms. The fraction of sp³-hybridized carbons (Fsp3) is 0.400. The average molecular weight is 436 g/mol. The second-order valence-electron chi connectivity index (χ2n) is 7.06. The number of amides is 1. The van der Waals surface area contributed by atoms with Gasteiger partial charge in [-0.2, -0.15) is 0 Å². The van der Waals surface area contributed by atoms with Crippen LogP contribution in [0.4, 0.5) is 0 Å². The Labute approximate surface area is 175 Å². The highest BCUT2D eigenvalue weighted by atomic mass is 32.2. The maximum absolute atomic E-state index is 12.3. The summed E-state index contributed by atoms with van der Waals surface area (Å²) in [7, 11) is -3.76. The van der Waals surface area contributed by atoms with Crippen LogP contribution in [-0.2, 0) is 30.8 Å². The van der Waals surface area contributed by atoms with Gasteiger partial charge in [0.1, 0.15) is 5.76 Å². The van der Waals surface area contributed by atoms with E-state index >= 15 is 0 Å². The van der Waals surface area contributed by atoms with Gasteiger partial charge in [0.2, 0.25) is 10.0 Å². The third-order valence-electron chi connectivity index (χ3n) is 4.52. The van der Waals surface area contributed by atoms with Crippen molar-refractivity contribution in [1.82, 2.24) is 9.62 Å². The Morgan fingerprint density at radius 2 is 1.80 bits per heavy atom. The predicted molar refractivity (Wildman–Crippen MR) is 106 cm³/mol. The number of benzene rings is 1. The van der Waals surface area contributed by atoms with Crippen molar-refractivity contribution in [3.63, 3.8) is 0 Å². The minimum Gasteiger partial charge on any atom is -0.468 e. The molecule has 0 spiro atoms. The molecule has 0 radical (unpaired) electrons. The number of hydrogen-bond acceptors (Lipinski definition) is 7. The minimum absolute atomic E-state index is 0.00188. The van der Waals surface area contributed by atoms with Crippen molar-refractivity contribution < 1.29 is 31.9 Å². The second kappa shape index (κ2) is 9.41. The summed E-state index contributed by atoms with van der Waals surface area (Å²) in [5.74, 6) is -0.524. The zero-order valence-corrected chi connectivity index (χ0v) is 17.6. The van der Waals surface area contributed by atoms with E-state index in [-0.39, 0.29) is 41.7 Å². The van der Waals surface area contributed by atoms with Crippen LogP contribution >= 0.6 is 0 Å². The first-order chi connectivity index (χ1) is 14.2. The van der Waals surface area contributed by atoms with E-state index < -0.39 is 16.0 Å². The zero-order valence-electron chi connectivity index (χ0n) is 16.7. The van der Waals surface area contributed by atoms with Crippen molar-refractivity contribution in [3.8, 4) is 0 Å². The Kier molecular flexibility index (Phi) is 6.91. The van der Waals surface area contributed by atoms with E-state index in [0.29, 0.717) is 18.8 Å². The molecule has 1 aromatic heterocycles. The van der Waals surface area contributed by atoms with Crippen molar-refractivity contribution in [2.75, 3.05) is 19.7 Å². The largest absolute Gasteiger partial charge is 0.468 e. The van der Waals surface area contributed by atoms with Gasteiger partial charge in [0.05, 0.1) is 35.5 Å². The standard InChI is InChI=1S/C20H24N2O7S/c1-14-11-22(12-15(2)29-14)19(23)13-28-20(24)16-5-7-18(8-6-16)30(25,26)21-10-17-4-3-9-27-17/h3-9,14-15,21H,10-13H2,1-2H3. The Morgan fingerprint density at radius 3 is 2.40 bits per heavy atom. The molecule has 1 amide bonds. The molecular formula is C20H24N2O7S. The summed E-state index contributed by atoms with van der Waals surface area (Å²) in [6.45, 7) is 4.27. The van der Waals surface area contributed by atoms with Gasteiger partial charge in [-0.3, -0.25) is 4.79 Å². The lowest BCUT2D eigenvalue weighted by molar-refractivity contribution is -0.146. The van der Waals surface area contributed by atoms with Gasteiger partial charge in [0, 0.05) is 13.1 Å². The molecule has 1 aromatic carbocycles. The number of carbonyl (C=O) groups is 2. The van der Waals surface area contributed by atoms with Gasteiger partial charge in [0.25, 0.3) is 5.91 Å². The molecule has 2 atom stereocenters. The van der Waals surface area contributed by atoms with Crippen LogP contribution in [0.2, 0.25) is 0 Å². The van der Waals surface area contributed by atoms with E-state index in [9.17, 15) is 18.0 Å². The number of furan rings is 1. The minimum atomic E-state index is -3.76. The lowest BCUT2D eigenvalue weighted by atomic mass is 10.2. The maximum Gasteiger partial charge on any atom is 0.338 e. The summed E-state index contributed by atoms with van der Waals surface area (Å²) in [5.41, 5.74) is 0.150. The van der Waals surface area contributed by atoms with Crippen LogP contribution in [0, 0.1) is 0 Å². The van der Waals surface area contributed by atoms with Crippen LogP contribution in [0.1, 0.15) is 30.0 Å². The van der Waals surface area contributed by atoms with Gasteiger partial charge in [-0.25, -0.2) is 17.9 Å². The van der Waals surface area contributed by atoms with Gasteiger partial charge in [-0.1, -0.05) is 0 Å². The van der Waals surface area contributed by atoms with Crippen LogP contribution < -0.4 is 4.72 Å². The van der Waals surface area contributed by atoms with Crippen molar-refractivity contribution >= 4 is 21.9 Å². The molecular weight excluding hydrogens is 412 g/mol. The highest BCUT2D eigenvalue weighted by Crippen LogP contribution is 2.14. The SMILES string of the molecule is CC1CN(C(=O)COC(=O)c2ccc(S(=O)(=O)NCc3ccco3)cc2)CC(C)O1. The second-order valence-corrected chi connectivity index (χ2v) is 8.83. The molecule has 3 rings (SSSR count). The lowest BCUT2D eigenvalue weighted by Crippen LogP contribution is -2.49. The van der Waals surface area contributed by atoms with Gasteiger partial charge >= 0.3 is 5.97 Å². The van der Waals surface area contributed by atoms with Crippen LogP contribution in [0.25, 0.3) is 0 Å². The lowest BCUT2D eigenvalue weighted by Gasteiger charge is -2.35. The van der Waals surface area contributed by atoms with Crippen LogP contribution in [0.3, 0.4) is 0 Å². The highest BCUT2D eigenvalue weighted by Gasteiger charge is 2.26. The van der Waals surface area contributed by atoms with Gasteiger partial charge < -0.3 is 18.8 Å². The Morgan fingerprint density at radius 1 is 1.13 bits per heavy atom. The first kappa shape index (κ1) is 22.0. The average Bonchev–Trinajstić information content (AvgIpc) is 3.23. The van der Waals surface area contributed by atoms with Crippen molar-refractivity contribution in [2.24, 2.45) is 0 Å². The Hall–Kier alpha value is -2.69. The molecule has 1 aliphatic rings. The summed E-state index contributed by atoms with van der Waals surface area (Å²) in [6.07, 6.45) is 1.29. The number of nitrogens with zero attached hydrogens (tertiary/aromatic N) is 1. The monoisotopic (exact) mass is 436 g/mol. The summed E-state index contributed by atoms with van der Waals surface area (Å²) < 4.78 is 42.8. The van der Waals surface area contributed by atoms with E-state index in [1.165, 1.54) is 30.5 Å². The van der Waals surface area contributed by atoms with E-state index in [0.717, 1.165) is 0 Å². The topological polar surface area (TPSA) is 115 Å². The van der Waals surface area contributed by atoms with Crippen molar-refractivity contribution in [1.29, 1.82) is 0 Å². The number of sulfonamides is 1. The number of esters is 1. The smallest absolute Gasteiger partial charge is 0.338 e. The quantitative estimate of drug-likeness (QED) is 0.655. The highest BCUT2D eigenvalue weighted by molar-refractivity contribution is 7.89. The molecule has 10 heteroatoms. The first-order valence-electron chi connectivity index (χ1n) is 9.47.